The molecule has 0 aliphatic carbocycles. The number of nitrogens with zero attached hydrogens (tertiary/aromatic N) is 6. The average Bonchev–Trinajstić information content (AvgIpc) is 1.58. The van der Waals surface area contributed by atoms with Gasteiger partial charge in [0.15, 0.2) is 0 Å². The smallest absolute Gasteiger partial charge is 0.328 e. The number of para-hydroxylation sites is 2. The molecular weight excluding hydrogens is 1270 g/mol. The summed E-state index contributed by atoms with van der Waals surface area (Å²) < 4.78 is 73.4. The number of rotatable bonds is 12. The molecule has 6 aromatic rings. The van der Waals surface area contributed by atoms with Gasteiger partial charge in [-0.1, -0.05) is 49.2 Å². The van der Waals surface area contributed by atoms with Crippen LogP contribution in [0.1, 0.15) is 141 Å². The molecule has 12 rings (SSSR count). The van der Waals surface area contributed by atoms with Gasteiger partial charge < -0.3 is 59.1 Å². The zero-order valence-corrected chi connectivity index (χ0v) is 54.7. The summed E-state index contributed by atoms with van der Waals surface area (Å²) in [6.45, 7) is 9.45. The summed E-state index contributed by atoms with van der Waals surface area (Å²) in [5.74, 6) is -10.6. The second-order valence-corrected chi connectivity index (χ2v) is 25.1. The van der Waals surface area contributed by atoms with E-state index in [0.717, 1.165) is 64.0 Å². The Morgan fingerprint density at radius 2 is 0.806 bits per heavy atom. The van der Waals surface area contributed by atoms with Crippen molar-refractivity contribution in [2.75, 3.05) is 85.9 Å². The van der Waals surface area contributed by atoms with Gasteiger partial charge in [-0.15, -0.1) is 0 Å². The number of anilines is 4. The van der Waals surface area contributed by atoms with Crippen LogP contribution in [-0.4, -0.2) is 167 Å². The quantitative estimate of drug-likeness (QED) is 0.0658. The lowest BCUT2D eigenvalue weighted by molar-refractivity contribution is -0.134. The number of allylic oxidation sites excluding steroid dienone is 2. The molecule has 20 nitrogen and oxygen atoms in total. The molecule has 6 aliphatic rings. The van der Waals surface area contributed by atoms with E-state index in [4.69, 9.17) is 19.0 Å². The van der Waals surface area contributed by atoms with Crippen LogP contribution in [0.4, 0.5) is 40.3 Å². The topological polar surface area (TPSA) is 247 Å². The number of benzene rings is 4. The average molecular weight is 1350 g/mol. The molecule has 0 atom stereocenters. The standard InChI is InChI=1S/2C35H38F2N4O4.C4H4O4/c2*1-24-28(15-22-45-24)33(43)38-26-11-9-25(10-12-26)34(44)41-21-16-35(36,37)30(29-7-3-4-8-31(29)41)23-32(42)40-19-13-27(14-20-40)39-17-5-2-6-18-39;5-3(6)1-2-4(7)8/h2*3-4,7-12,15,22-23,27H,2,5-6,13-14,16-21H2,1H3,(H,38,43);1-2H,(H,5,6)(H,7,8)/b2*30-23-;2-1+. The third-order valence-corrected chi connectivity index (χ3v) is 18.8. The van der Waals surface area contributed by atoms with Crippen molar-refractivity contribution in [3.05, 3.63) is 191 Å². The molecule has 6 amide bonds. The van der Waals surface area contributed by atoms with E-state index in [-0.39, 0.29) is 58.3 Å². The summed E-state index contributed by atoms with van der Waals surface area (Å²) in [6, 6.07) is 29.7. The molecule has 4 N–H and O–H groups in total. The summed E-state index contributed by atoms with van der Waals surface area (Å²) in [7, 11) is 0. The Kier molecular flexibility index (Phi) is 23.1. The predicted octanol–water partition coefficient (Wildman–Crippen LogP) is 12.5. The van der Waals surface area contributed by atoms with Crippen molar-refractivity contribution >= 4 is 81.3 Å². The lowest BCUT2D eigenvalue weighted by Crippen LogP contribution is -2.48. The zero-order valence-electron chi connectivity index (χ0n) is 54.7. The van der Waals surface area contributed by atoms with Crippen LogP contribution in [0, 0.1) is 13.8 Å². The van der Waals surface area contributed by atoms with Gasteiger partial charge in [0.05, 0.1) is 35.0 Å². The highest BCUT2D eigenvalue weighted by molar-refractivity contribution is 6.11. The van der Waals surface area contributed by atoms with Gasteiger partial charge >= 0.3 is 11.9 Å². The SMILES string of the molecule is Cc1occc1C(=O)Nc1ccc(C(=O)N2CCC(F)(F)/C(=C\C(=O)N3CCC(N4CCCCC4)CC3)c3ccccc32)cc1.Cc1occc1C(=O)Nc1ccc(C(=O)N2CCC(F)(F)/C(=C\C(=O)N3CCC(N4CCCCC4)CC3)c3ccccc32)cc1.O=C(O)/C=C/C(=O)O. The maximum atomic E-state index is 15.8. The number of amides is 6. The Morgan fingerprint density at radius 1 is 0.459 bits per heavy atom. The first-order valence-corrected chi connectivity index (χ1v) is 33.2. The van der Waals surface area contributed by atoms with Crippen LogP contribution < -0.4 is 20.4 Å². The largest absolute Gasteiger partial charge is 0.478 e. The fraction of sp³-hybridized carbons (Fsp3) is 0.378. The number of nitrogens with one attached hydrogen (secondary N) is 2. The first kappa shape index (κ1) is 70.8. The minimum Gasteiger partial charge on any atom is -0.478 e. The molecule has 516 valence electrons. The third kappa shape index (κ3) is 17.4. The number of piperidine rings is 4. The molecule has 24 heteroatoms. The molecule has 2 aromatic heterocycles. The third-order valence-electron chi connectivity index (χ3n) is 18.8. The predicted molar refractivity (Wildman–Crippen MR) is 361 cm³/mol. The number of fused-ring (bicyclic) bond motifs is 2. The van der Waals surface area contributed by atoms with Crippen molar-refractivity contribution in [3.8, 4) is 0 Å². The molecule has 4 aromatic carbocycles. The number of carboxylic acid groups (broad SMARTS) is 2. The summed E-state index contributed by atoms with van der Waals surface area (Å²) in [6.07, 6.45) is 15.6. The molecule has 98 heavy (non-hydrogen) atoms. The van der Waals surface area contributed by atoms with E-state index in [9.17, 15) is 38.4 Å². The molecule has 0 bridgehead atoms. The minimum atomic E-state index is -3.31. The van der Waals surface area contributed by atoms with Crippen molar-refractivity contribution in [3.63, 3.8) is 0 Å². The van der Waals surface area contributed by atoms with Crippen LogP contribution in [0.2, 0.25) is 0 Å². The lowest BCUT2D eigenvalue weighted by Gasteiger charge is -2.40. The molecular formula is C74H80F4N8O12. The van der Waals surface area contributed by atoms with Gasteiger partial charge in [0.2, 0.25) is 11.8 Å². The van der Waals surface area contributed by atoms with E-state index in [1.807, 2.05) is 0 Å². The van der Waals surface area contributed by atoms with Crippen molar-refractivity contribution < 1.29 is 75.0 Å². The van der Waals surface area contributed by atoms with Crippen LogP contribution in [0.3, 0.4) is 0 Å². The normalized spacial score (nSPS) is 19.2. The number of carbonyl (C=O) groups excluding carboxylic acids is 6. The summed E-state index contributed by atoms with van der Waals surface area (Å²) in [5.41, 5.74) is 2.61. The Morgan fingerprint density at radius 3 is 1.13 bits per heavy atom. The molecule has 0 spiro atoms. The number of alkyl halides is 4. The number of hydrogen-bond acceptors (Lipinski definition) is 12. The van der Waals surface area contributed by atoms with Crippen molar-refractivity contribution in [2.45, 2.75) is 115 Å². The van der Waals surface area contributed by atoms with Crippen LogP contribution in [0.25, 0.3) is 11.1 Å². The highest BCUT2D eigenvalue weighted by Crippen LogP contribution is 2.45. The molecule has 8 heterocycles. The molecule has 0 unspecified atom stereocenters. The van der Waals surface area contributed by atoms with Gasteiger partial charge in [0.25, 0.3) is 35.5 Å². The van der Waals surface area contributed by atoms with Gasteiger partial charge in [-0.25, -0.2) is 27.2 Å². The van der Waals surface area contributed by atoms with Crippen molar-refractivity contribution in [2.24, 2.45) is 0 Å². The van der Waals surface area contributed by atoms with E-state index in [1.165, 1.54) is 60.9 Å². The zero-order chi connectivity index (χ0) is 69.7. The van der Waals surface area contributed by atoms with Gasteiger partial charge in [-0.3, -0.25) is 28.8 Å². The first-order valence-electron chi connectivity index (χ1n) is 33.2. The van der Waals surface area contributed by atoms with E-state index < -0.39 is 60.3 Å². The van der Waals surface area contributed by atoms with E-state index >= 15 is 17.6 Å². The van der Waals surface area contributed by atoms with Gasteiger partial charge in [0.1, 0.15) is 11.5 Å². The monoisotopic (exact) mass is 1350 g/mol. The number of aliphatic carboxylic acids is 2. The maximum Gasteiger partial charge on any atom is 0.328 e. The van der Waals surface area contributed by atoms with Gasteiger partial charge in [0, 0.05) is 133 Å². The number of halogens is 4. The summed E-state index contributed by atoms with van der Waals surface area (Å²) in [5, 5.41) is 21.2. The van der Waals surface area contributed by atoms with E-state index in [1.54, 1.807) is 133 Å². The van der Waals surface area contributed by atoms with Crippen LogP contribution in [0.15, 0.2) is 155 Å². The van der Waals surface area contributed by atoms with Crippen LogP contribution >= 0.6 is 0 Å². The summed E-state index contributed by atoms with van der Waals surface area (Å²) in [4.78, 5) is 109. The maximum absolute atomic E-state index is 15.8. The molecule has 0 saturated carbocycles. The van der Waals surface area contributed by atoms with E-state index in [2.05, 4.69) is 20.4 Å². The van der Waals surface area contributed by atoms with E-state index in [0.29, 0.717) is 95.8 Å². The molecule has 4 fully saturated rings. The highest BCUT2D eigenvalue weighted by Gasteiger charge is 2.44. The minimum absolute atomic E-state index is 0.171. The van der Waals surface area contributed by atoms with Crippen molar-refractivity contribution in [1.29, 1.82) is 0 Å². The van der Waals surface area contributed by atoms with Gasteiger partial charge in [-0.2, -0.15) is 0 Å². The van der Waals surface area contributed by atoms with Crippen molar-refractivity contribution in [1.82, 2.24) is 19.6 Å². The molecule has 6 aliphatic heterocycles. The Bertz CT molecular complexity index is 3710. The fourth-order valence-corrected chi connectivity index (χ4v) is 13.5. The lowest BCUT2D eigenvalue weighted by atomic mass is 9.96. The first-order chi connectivity index (χ1) is 47.0. The number of carbonyl (C=O) groups is 8. The number of carboxylic acids is 2. The second kappa shape index (κ2) is 32.0. The second-order valence-electron chi connectivity index (χ2n) is 25.1. The molecule has 4 saturated heterocycles. The number of furan rings is 2. The highest BCUT2D eigenvalue weighted by atomic mass is 19.3. The molecule has 0 radical (unpaired) electrons. The van der Waals surface area contributed by atoms with Crippen LogP contribution in [0.5, 0.6) is 0 Å². The number of likely N-dealkylation sites (tertiary alicyclic amines) is 4. The Balaban J connectivity index is 0.000000191. The van der Waals surface area contributed by atoms with Gasteiger partial charge in [-0.05, 0) is 164 Å². The summed E-state index contributed by atoms with van der Waals surface area (Å²) >= 11 is 0. The number of aryl methyl sites for hydroxylation is 2. The fourth-order valence-electron chi connectivity index (χ4n) is 13.5. The Hall–Kier alpha value is -9.94. The van der Waals surface area contributed by atoms with Crippen LogP contribution in [-0.2, 0) is 19.2 Å². The Labute approximate surface area is 565 Å². The number of hydrogen-bond donors (Lipinski definition) is 4.